The summed E-state index contributed by atoms with van der Waals surface area (Å²) in [5.41, 5.74) is 1.97. The topological polar surface area (TPSA) is 104 Å². The van der Waals surface area contributed by atoms with Gasteiger partial charge in [-0.2, -0.15) is 4.98 Å². The molecule has 2 aromatic carbocycles. The van der Waals surface area contributed by atoms with Crippen molar-refractivity contribution in [1.29, 1.82) is 0 Å². The third-order valence-electron chi connectivity index (χ3n) is 3.95. The fraction of sp³-hybridized carbons (Fsp3) is 0.238. The van der Waals surface area contributed by atoms with Crippen LogP contribution in [0.15, 0.2) is 53.1 Å². The molecule has 0 aliphatic heterocycles. The maximum absolute atomic E-state index is 12.2. The Kier molecular flexibility index (Phi) is 6.57. The Hall–Kier alpha value is -3.68. The average molecular weight is 395 g/mol. The van der Waals surface area contributed by atoms with E-state index >= 15 is 0 Å². The second-order valence-corrected chi connectivity index (χ2v) is 6.12. The largest absolute Gasteiger partial charge is 0.493 e. The number of aromatic nitrogens is 2. The van der Waals surface area contributed by atoms with Crippen molar-refractivity contribution in [2.45, 2.75) is 27.0 Å². The summed E-state index contributed by atoms with van der Waals surface area (Å²) in [4.78, 5) is 27.4. The second kappa shape index (κ2) is 9.50. The number of carbonyl (C=O) groups excluding carboxylic acids is 2. The number of hydrogen-bond acceptors (Lipinski definition) is 7. The minimum absolute atomic E-state index is 0.115. The molecule has 0 saturated carbocycles. The molecule has 1 amide bonds. The Balaban J connectivity index is 1.59. The van der Waals surface area contributed by atoms with E-state index in [0.29, 0.717) is 35.9 Å². The van der Waals surface area contributed by atoms with Crippen molar-refractivity contribution in [3.8, 4) is 17.1 Å². The van der Waals surface area contributed by atoms with Crippen LogP contribution in [0.5, 0.6) is 5.75 Å². The molecule has 3 aromatic rings. The molecule has 29 heavy (non-hydrogen) atoms. The van der Waals surface area contributed by atoms with Crippen LogP contribution >= 0.6 is 0 Å². The summed E-state index contributed by atoms with van der Waals surface area (Å²) in [7, 11) is 0. The quantitative estimate of drug-likeness (QED) is 0.584. The lowest BCUT2D eigenvalue weighted by Crippen LogP contribution is -2.18. The fourth-order valence-electron chi connectivity index (χ4n) is 2.55. The summed E-state index contributed by atoms with van der Waals surface area (Å²) in [6.07, 6.45) is 0. The molecule has 0 unspecified atom stereocenters. The van der Waals surface area contributed by atoms with E-state index < -0.39 is 5.97 Å². The number of ether oxygens (including phenoxy) is 2. The van der Waals surface area contributed by atoms with E-state index in [1.54, 1.807) is 24.3 Å². The van der Waals surface area contributed by atoms with Gasteiger partial charge in [0.15, 0.2) is 6.61 Å². The number of carbonyl (C=O) groups is 2. The fourth-order valence-corrected chi connectivity index (χ4v) is 2.55. The van der Waals surface area contributed by atoms with Gasteiger partial charge >= 0.3 is 5.97 Å². The number of benzene rings is 2. The number of nitrogens with zero attached hydrogens (tertiary/aromatic N) is 2. The van der Waals surface area contributed by atoms with E-state index in [1.165, 1.54) is 6.92 Å². The second-order valence-electron chi connectivity index (χ2n) is 6.12. The maximum atomic E-state index is 12.2. The molecule has 8 nitrogen and oxygen atoms in total. The van der Waals surface area contributed by atoms with Crippen molar-refractivity contribution < 1.29 is 23.6 Å². The predicted molar refractivity (Wildman–Crippen MR) is 104 cm³/mol. The van der Waals surface area contributed by atoms with Crippen molar-refractivity contribution in [2.75, 3.05) is 6.61 Å². The van der Waals surface area contributed by atoms with E-state index in [-0.39, 0.29) is 18.4 Å². The van der Waals surface area contributed by atoms with E-state index in [2.05, 4.69) is 15.5 Å². The van der Waals surface area contributed by atoms with Gasteiger partial charge in [0.1, 0.15) is 5.75 Å². The van der Waals surface area contributed by atoms with Crippen molar-refractivity contribution >= 4 is 11.9 Å². The van der Waals surface area contributed by atoms with E-state index in [4.69, 9.17) is 14.0 Å². The monoisotopic (exact) mass is 395 g/mol. The van der Waals surface area contributed by atoms with Crippen LogP contribution in [-0.2, 0) is 22.7 Å². The smallest absolute Gasteiger partial charge is 0.338 e. The molecular weight excluding hydrogens is 374 g/mol. The van der Waals surface area contributed by atoms with Gasteiger partial charge in [0.05, 0.1) is 17.7 Å². The van der Waals surface area contributed by atoms with Gasteiger partial charge in [-0.3, -0.25) is 4.79 Å². The van der Waals surface area contributed by atoms with E-state index in [0.717, 1.165) is 5.56 Å². The van der Waals surface area contributed by atoms with E-state index in [9.17, 15) is 9.59 Å². The normalized spacial score (nSPS) is 10.4. The molecular formula is C21H21N3O5. The van der Waals surface area contributed by atoms with Gasteiger partial charge in [0.25, 0.3) is 5.89 Å². The number of esters is 1. The van der Waals surface area contributed by atoms with Crippen LogP contribution < -0.4 is 10.1 Å². The Labute approximate surface area is 167 Å². The molecule has 1 N–H and O–H groups in total. The van der Waals surface area contributed by atoms with Crippen LogP contribution in [0.25, 0.3) is 11.4 Å². The minimum atomic E-state index is -0.509. The summed E-state index contributed by atoms with van der Waals surface area (Å²) in [5, 5.41) is 6.63. The Morgan fingerprint density at radius 1 is 1.10 bits per heavy atom. The Morgan fingerprint density at radius 2 is 1.86 bits per heavy atom. The molecule has 1 heterocycles. The van der Waals surface area contributed by atoms with Gasteiger partial charge in [0, 0.05) is 13.5 Å². The molecule has 0 aliphatic rings. The zero-order valence-corrected chi connectivity index (χ0v) is 16.2. The summed E-state index contributed by atoms with van der Waals surface area (Å²) in [6, 6.07) is 14.1. The average Bonchev–Trinajstić information content (AvgIpc) is 3.20. The molecule has 0 fully saturated rings. The number of nitrogens with one attached hydrogen (secondary N) is 1. The third kappa shape index (κ3) is 5.41. The maximum Gasteiger partial charge on any atom is 0.338 e. The van der Waals surface area contributed by atoms with Crippen LogP contribution in [0.3, 0.4) is 0 Å². The van der Waals surface area contributed by atoms with Crippen LogP contribution in [0, 0.1) is 0 Å². The highest BCUT2D eigenvalue weighted by atomic mass is 16.6. The van der Waals surface area contributed by atoms with Crippen LogP contribution in [0.1, 0.15) is 35.7 Å². The lowest BCUT2D eigenvalue weighted by molar-refractivity contribution is -0.119. The van der Waals surface area contributed by atoms with Gasteiger partial charge in [0.2, 0.25) is 11.7 Å². The molecule has 0 spiro atoms. The highest BCUT2D eigenvalue weighted by Crippen LogP contribution is 2.27. The first-order valence-corrected chi connectivity index (χ1v) is 9.12. The highest BCUT2D eigenvalue weighted by Gasteiger charge is 2.15. The van der Waals surface area contributed by atoms with Gasteiger partial charge in [-0.15, -0.1) is 0 Å². The molecule has 1 aromatic heterocycles. The summed E-state index contributed by atoms with van der Waals surface area (Å²) < 4.78 is 16.0. The number of rotatable bonds is 8. The minimum Gasteiger partial charge on any atom is -0.493 e. The number of amides is 1. The van der Waals surface area contributed by atoms with Gasteiger partial charge in [-0.05, 0) is 36.8 Å². The molecule has 0 atom stereocenters. The zero-order chi connectivity index (χ0) is 20.6. The lowest BCUT2D eigenvalue weighted by atomic mass is 10.1. The summed E-state index contributed by atoms with van der Waals surface area (Å²) >= 11 is 0. The summed E-state index contributed by atoms with van der Waals surface area (Å²) in [5.74, 6) is 0.574. The standard InChI is InChI=1S/C21H21N3O5/c1-3-27-18-7-5-4-6-17(18)20-23-19(29-24-20)13-28-21(26)16-10-8-15(9-11-16)12-22-14(2)25/h4-11H,3,12-13H2,1-2H3,(H,22,25). The highest BCUT2D eigenvalue weighted by molar-refractivity contribution is 5.89. The first kappa shape index (κ1) is 20.1. The molecule has 150 valence electrons. The molecule has 0 saturated heterocycles. The van der Waals surface area contributed by atoms with Crippen LogP contribution in [0.2, 0.25) is 0 Å². The van der Waals surface area contributed by atoms with Crippen molar-refractivity contribution in [2.24, 2.45) is 0 Å². The van der Waals surface area contributed by atoms with Crippen molar-refractivity contribution in [3.63, 3.8) is 0 Å². The first-order chi connectivity index (χ1) is 14.1. The summed E-state index contributed by atoms with van der Waals surface area (Å²) in [6.45, 7) is 4.12. The van der Waals surface area contributed by atoms with E-state index in [1.807, 2.05) is 31.2 Å². The zero-order valence-electron chi connectivity index (χ0n) is 16.2. The third-order valence-corrected chi connectivity index (χ3v) is 3.95. The van der Waals surface area contributed by atoms with Crippen LogP contribution in [-0.4, -0.2) is 28.6 Å². The lowest BCUT2D eigenvalue weighted by Gasteiger charge is -2.06. The van der Waals surface area contributed by atoms with Crippen molar-refractivity contribution in [1.82, 2.24) is 15.5 Å². The van der Waals surface area contributed by atoms with Gasteiger partial charge in [-0.1, -0.05) is 29.4 Å². The molecule has 8 heteroatoms. The van der Waals surface area contributed by atoms with Crippen LogP contribution in [0.4, 0.5) is 0 Å². The van der Waals surface area contributed by atoms with Gasteiger partial charge < -0.3 is 19.3 Å². The molecule has 0 aliphatic carbocycles. The number of para-hydroxylation sites is 1. The molecule has 0 radical (unpaired) electrons. The number of hydrogen-bond donors (Lipinski definition) is 1. The molecule has 3 rings (SSSR count). The SMILES string of the molecule is CCOc1ccccc1-c1noc(COC(=O)c2ccc(CNC(C)=O)cc2)n1. The van der Waals surface area contributed by atoms with Gasteiger partial charge in [-0.25, -0.2) is 4.79 Å². The van der Waals surface area contributed by atoms with Crippen molar-refractivity contribution in [3.05, 3.63) is 65.5 Å². The molecule has 0 bridgehead atoms. The predicted octanol–water partition coefficient (Wildman–Crippen LogP) is 3.13. The first-order valence-electron chi connectivity index (χ1n) is 9.12. The Bertz CT molecular complexity index is 982. The Morgan fingerprint density at radius 3 is 2.59 bits per heavy atom.